The molecule has 0 bridgehead atoms. The molecule has 20 heavy (non-hydrogen) atoms. The number of Topliss-reactive ketones (excluding diaryl/α,β-unsaturated/α-hetero) is 1. The zero-order valence-corrected chi connectivity index (χ0v) is 11.5. The third-order valence-electron chi connectivity index (χ3n) is 3.90. The summed E-state index contributed by atoms with van der Waals surface area (Å²) in [5, 5.41) is 1.07. The Bertz CT molecular complexity index is 603. The number of aromatic nitrogens is 1. The molecule has 0 amide bonds. The van der Waals surface area contributed by atoms with Crippen LogP contribution in [0.25, 0.3) is 10.9 Å². The van der Waals surface area contributed by atoms with E-state index in [4.69, 9.17) is 4.74 Å². The molecule has 1 atom stereocenters. The summed E-state index contributed by atoms with van der Waals surface area (Å²) in [7, 11) is 0. The highest BCUT2D eigenvalue weighted by atomic mass is 16.5. The zero-order valence-electron chi connectivity index (χ0n) is 11.5. The van der Waals surface area contributed by atoms with Gasteiger partial charge in [0.1, 0.15) is 0 Å². The maximum atomic E-state index is 12.2. The summed E-state index contributed by atoms with van der Waals surface area (Å²) in [5.41, 5.74) is 1.64. The molecule has 3 nitrogen and oxygen atoms in total. The van der Waals surface area contributed by atoms with Gasteiger partial charge in [-0.05, 0) is 37.8 Å². The van der Waals surface area contributed by atoms with E-state index in [-0.39, 0.29) is 11.9 Å². The molecular weight excluding hydrogens is 250 g/mol. The van der Waals surface area contributed by atoms with E-state index in [1.807, 2.05) is 30.3 Å². The Morgan fingerprint density at radius 2 is 2.25 bits per heavy atom. The van der Waals surface area contributed by atoms with Gasteiger partial charge in [0.2, 0.25) is 0 Å². The summed E-state index contributed by atoms with van der Waals surface area (Å²) < 4.78 is 5.67. The van der Waals surface area contributed by atoms with Crippen LogP contribution in [-0.4, -0.2) is 23.5 Å². The Morgan fingerprint density at radius 1 is 1.30 bits per heavy atom. The van der Waals surface area contributed by atoms with Gasteiger partial charge >= 0.3 is 0 Å². The van der Waals surface area contributed by atoms with Crippen LogP contribution in [0.4, 0.5) is 0 Å². The van der Waals surface area contributed by atoms with Crippen LogP contribution in [0, 0.1) is 0 Å². The van der Waals surface area contributed by atoms with Gasteiger partial charge in [-0.3, -0.25) is 9.78 Å². The highest BCUT2D eigenvalue weighted by Gasteiger charge is 2.16. The van der Waals surface area contributed by atoms with Gasteiger partial charge in [0.15, 0.2) is 5.78 Å². The average Bonchev–Trinajstić information content (AvgIpc) is 2.53. The minimum absolute atomic E-state index is 0.187. The fourth-order valence-electron chi connectivity index (χ4n) is 2.71. The fraction of sp³-hybridized carbons (Fsp3) is 0.412. The molecule has 3 rings (SSSR count). The van der Waals surface area contributed by atoms with Crippen LogP contribution in [0.2, 0.25) is 0 Å². The molecule has 3 heteroatoms. The van der Waals surface area contributed by atoms with Gasteiger partial charge in [-0.15, -0.1) is 0 Å². The third-order valence-corrected chi connectivity index (χ3v) is 3.90. The van der Waals surface area contributed by atoms with Crippen LogP contribution in [0.15, 0.2) is 36.5 Å². The standard InChI is InChI=1S/C17H19NO2/c19-17(9-8-15-5-1-2-11-20-15)14-7-6-13-4-3-10-18-16(13)12-14/h3-4,6-7,10,12,15H,1-2,5,8-9,11H2. The Balaban J connectivity index is 1.65. The minimum atomic E-state index is 0.187. The molecule has 0 aliphatic carbocycles. The SMILES string of the molecule is O=C(CCC1CCCCO1)c1ccc2cccnc2c1. The second-order valence-corrected chi connectivity index (χ2v) is 5.36. The van der Waals surface area contributed by atoms with Crippen molar-refractivity contribution in [3.63, 3.8) is 0 Å². The van der Waals surface area contributed by atoms with Crippen molar-refractivity contribution in [1.29, 1.82) is 0 Å². The second-order valence-electron chi connectivity index (χ2n) is 5.36. The molecule has 0 spiro atoms. The number of fused-ring (bicyclic) bond motifs is 1. The van der Waals surface area contributed by atoms with Gasteiger partial charge in [0.05, 0.1) is 11.6 Å². The van der Waals surface area contributed by atoms with Crippen molar-refractivity contribution in [1.82, 2.24) is 4.98 Å². The number of benzene rings is 1. The molecule has 2 aromatic rings. The predicted molar refractivity (Wildman–Crippen MR) is 78.9 cm³/mol. The number of ketones is 1. The lowest BCUT2D eigenvalue weighted by molar-refractivity contribution is 0.0104. The van der Waals surface area contributed by atoms with E-state index in [1.165, 1.54) is 6.42 Å². The van der Waals surface area contributed by atoms with Crippen LogP contribution in [0.5, 0.6) is 0 Å². The van der Waals surface area contributed by atoms with Crippen LogP contribution in [0.1, 0.15) is 42.5 Å². The monoisotopic (exact) mass is 269 g/mol. The van der Waals surface area contributed by atoms with E-state index in [9.17, 15) is 4.79 Å². The topological polar surface area (TPSA) is 39.2 Å². The van der Waals surface area contributed by atoms with Crippen molar-refractivity contribution in [2.24, 2.45) is 0 Å². The molecule has 104 valence electrons. The molecule has 0 saturated carbocycles. The Labute approximate surface area is 119 Å². The molecule has 2 heterocycles. The Morgan fingerprint density at radius 3 is 3.10 bits per heavy atom. The van der Waals surface area contributed by atoms with Crippen LogP contribution >= 0.6 is 0 Å². The maximum Gasteiger partial charge on any atom is 0.163 e. The van der Waals surface area contributed by atoms with Crippen molar-refractivity contribution < 1.29 is 9.53 Å². The van der Waals surface area contributed by atoms with Gasteiger partial charge in [0, 0.05) is 30.2 Å². The van der Waals surface area contributed by atoms with E-state index in [2.05, 4.69) is 4.98 Å². The molecule has 0 N–H and O–H groups in total. The van der Waals surface area contributed by atoms with E-state index < -0.39 is 0 Å². The molecule has 1 fully saturated rings. The van der Waals surface area contributed by atoms with Crippen molar-refractivity contribution >= 4 is 16.7 Å². The van der Waals surface area contributed by atoms with Gasteiger partial charge in [0.25, 0.3) is 0 Å². The van der Waals surface area contributed by atoms with Crippen molar-refractivity contribution in [3.05, 3.63) is 42.1 Å². The summed E-state index contributed by atoms with van der Waals surface area (Å²) in [4.78, 5) is 16.5. The predicted octanol–water partition coefficient (Wildman–Crippen LogP) is 3.77. The van der Waals surface area contributed by atoms with Gasteiger partial charge in [-0.2, -0.15) is 0 Å². The van der Waals surface area contributed by atoms with Gasteiger partial charge in [-0.25, -0.2) is 0 Å². The first-order valence-corrected chi connectivity index (χ1v) is 7.32. The largest absolute Gasteiger partial charge is 0.378 e. The molecule has 1 aromatic carbocycles. The molecule has 1 unspecified atom stereocenters. The molecule has 1 aliphatic heterocycles. The van der Waals surface area contributed by atoms with E-state index in [0.717, 1.165) is 42.3 Å². The van der Waals surface area contributed by atoms with Crippen LogP contribution in [0.3, 0.4) is 0 Å². The van der Waals surface area contributed by atoms with Crippen molar-refractivity contribution in [2.75, 3.05) is 6.61 Å². The van der Waals surface area contributed by atoms with Crippen molar-refractivity contribution in [2.45, 2.75) is 38.2 Å². The van der Waals surface area contributed by atoms with E-state index in [0.29, 0.717) is 6.42 Å². The van der Waals surface area contributed by atoms with Gasteiger partial charge in [-0.1, -0.05) is 18.2 Å². The number of carbonyl (C=O) groups is 1. The number of rotatable bonds is 4. The lowest BCUT2D eigenvalue weighted by Crippen LogP contribution is -2.20. The van der Waals surface area contributed by atoms with Crippen LogP contribution < -0.4 is 0 Å². The number of hydrogen-bond acceptors (Lipinski definition) is 3. The minimum Gasteiger partial charge on any atom is -0.378 e. The first-order valence-electron chi connectivity index (χ1n) is 7.32. The summed E-state index contributed by atoms with van der Waals surface area (Å²) in [5.74, 6) is 0.187. The summed E-state index contributed by atoms with van der Waals surface area (Å²) >= 11 is 0. The number of hydrogen-bond donors (Lipinski definition) is 0. The molecule has 0 radical (unpaired) electrons. The number of nitrogens with zero attached hydrogens (tertiary/aromatic N) is 1. The molecule has 1 aromatic heterocycles. The lowest BCUT2D eigenvalue weighted by atomic mass is 9.99. The number of ether oxygens (including phenoxy) is 1. The molecular formula is C17H19NO2. The van der Waals surface area contributed by atoms with E-state index >= 15 is 0 Å². The third kappa shape index (κ3) is 3.05. The zero-order chi connectivity index (χ0) is 13.8. The van der Waals surface area contributed by atoms with Crippen LogP contribution in [-0.2, 0) is 4.74 Å². The summed E-state index contributed by atoms with van der Waals surface area (Å²) in [6, 6.07) is 9.66. The first kappa shape index (κ1) is 13.3. The molecule has 1 saturated heterocycles. The smallest absolute Gasteiger partial charge is 0.163 e. The number of pyridine rings is 1. The maximum absolute atomic E-state index is 12.2. The summed E-state index contributed by atoms with van der Waals surface area (Å²) in [6.45, 7) is 0.846. The Hall–Kier alpha value is -1.74. The highest BCUT2D eigenvalue weighted by Crippen LogP contribution is 2.19. The highest BCUT2D eigenvalue weighted by molar-refractivity contribution is 5.99. The quantitative estimate of drug-likeness (QED) is 0.793. The number of carbonyl (C=O) groups excluding carboxylic acids is 1. The molecule has 1 aliphatic rings. The fourth-order valence-corrected chi connectivity index (χ4v) is 2.71. The Kier molecular flexibility index (Phi) is 4.07. The average molecular weight is 269 g/mol. The normalized spacial score (nSPS) is 19.1. The van der Waals surface area contributed by atoms with Crippen molar-refractivity contribution in [3.8, 4) is 0 Å². The van der Waals surface area contributed by atoms with Gasteiger partial charge < -0.3 is 4.74 Å². The van der Waals surface area contributed by atoms with E-state index in [1.54, 1.807) is 6.20 Å². The second kappa shape index (κ2) is 6.14. The first-order chi connectivity index (χ1) is 9.83. The summed E-state index contributed by atoms with van der Waals surface area (Å²) in [6.07, 6.45) is 6.88. The lowest BCUT2D eigenvalue weighted by Gasteiger charge is -2.22.